The zero-order valence-corrected chi connectivity index (χ0v) is 22.9. The van der Waals surface area contributed by atoms with E-state index in [9.17, 15) is 4.79 Å². The Morgan fingerprint density at radius 1 is 0.868 bits per heavy atom. The highest BCUT2D eigenvalue weighted by Gasteiger charge is 2.23. The third kappa shape index (κ3) is 5.43. The Morgan fingerprint density at radius 2 is 1.66 bits per heavy atom. The number of amides is 1. The summed E-state index contributed by atoms with van der Waals surface area (Å²) < 4.78 is 3.30. The Labute approximate surface area is 231 Å². The minimum absolute atomic E-state index is 0.0370. The summed E-state index contributed by atoms with van der Waals surface area (Å²) in [5.74, 6) is 1.87. The van der Waals surface area contributed by atoms with E-state index in [-0.39, 0.29) is 5.91 Å². The van der Waals surface area contributed by atoms with Gasteiger partial charge in [-0.25, -0.2) is 0 Å². The normalized spacial score (nSPS) is 15.9. The van der Waals surface area contributed by atoms with Gasteiger partial charge in [0.25, 0.3) is 0 Å². The number of aromatic nitrogens is 3. The van der Waals surface area contributed by atoms with Crippen LogP contribution in [0.3, 0.4) is 0 Å². The number of anilines is 1. The van der Waals surface area contributed by atoms with Crippen molar-refractivity contribution in [3.8, 4) is 17.1 Å². The van der Waals surface area contributed by atoms with Gasteiger partial charge in [-0.15, -0.1) is 10.2 Å². The van der Waals surface area contributed by atoms with Gasteiger partial charge in [0, 0.05) is 41.8 Å². The Bertz CT molecular complexity index is 1440. The lowest BCUT2D eigenvalue weighted by atomic mass is 10.0. The average Bonchev–Trinajstić information content (AvgIpc) is 3.26. The number of carbonyl (C=O) groups excluding carboxylic acids is 1. The van der Waals surface area contributed by atoms with Gasteiger partial charge in [0.05, 0.1) is 12.2 Å². The van der Waals surface area contributed by atoms with Gasteiger partial charge in [-0.2, -0.15) is 0 Å². The van der Waals surface area contributed by atoms with Gasteiger partial charge in [0.1, 0.15) is 5.82 Å². The molecule has 6 rings (SSSR count). The molecule has 194 valence electrons. The van der Waals surface area contributed by atoms with Gasteiger partial charge in [-0.1, -0.05) is 64.5 Å². The van der Waals surface area contributed by atoms with Crippen molar-refractivity contribution in [2.24, 2.45) is 0 Å². The standard InChI is InChI=1S/C30H31BrN6O/c31-26-10-5-4-9-24(26)20-35-15-6-16-36(18-17-35)21-29(38)32-25-12-13-27-23(19-25)11-14-28-33-34-30(37(27)28)22-7-2-1-3-8-22/h1-5,7-10,12-13,19H,6,11,14-18,20-21H2,(H,32,38). The van der Waals surface area contributed by atoms with Crippen LogP contribution >= 0.6 is 15.9 Å². The monoisotopic (exact) mass is 570 g/mol. The Balaban J connectivity index is 1.09. The summed E-state index contributed by atoms with van der Waals surface area (Å²) in [5.41, 5.74) is 5.48. The van der Waals surface area contributed by atoms with Gasteiger partial charge < -0.3 is 5.32 Å². The van der Waals surface area contributed by atoms with Crippen LogP contribution in [0.15, 0.2) is 77.3 Å². The molecule has 3 aromatic carbocycles. The van der Waals surface area contributed by atoms with E-state index in [1.165, 1.54) is 11.1 Å². The smallest absolute Gasteiger partial charge is 0.238 e. The van der Waals surface area contributed by atoms with E-state index in [2.05, 4.69) is 88.3 Å². The number of aryl methyl sites for hydroxylation is 2. The lowest BCUT2D eigenvalue weighted by molar-refractivity contribution is -0.117. The van der Waals surface area contributed by atoms with Gasteiger partial charge in [-0.05, 0) is 61.3 Å². The molecule has 0 bridgehead atoms. The molecule has 1 saturated heterocycles. The maximum Gasteiger partial charge on any atom is 0.238 e. The summed E-state index contributed by atoms with van der Waals surface area (Å²) in [5, 5.41) is 12.1. The second-order valence-corrected chi connectivity index (χ2v) is 10.9. The molecule has 1 amide bonds. The summed E-state index contributed by atoms with van der Waals surface area (Å²) in [6, 6.07) is 24.7. The van der Waals surface area contributed by atoms with Crippen molar-refractivity contribution in [3.05, 3.63) is 94.2 Å². The maximum atomic E-state index is 13.0. The summed E-state index contributed by atoms with van der Waals surface area (Å²) in [4.78, 5) is 17.7. The molecule has 0 aliphatic carbocycles. The number of nitrogens with one attached hydrogen (secondary N) is 1. The molecular weight excluding hydrogens is 540 g/mol. The fraction of sp³-hybridized carbons (Fsp3) is 0.300. The number of halogens is 1. The van der Waals surface area contributed by atoms with E-state index < -0.39 is 0 Å². The minimum atomic E-state index is 0.0370. The molecule has 38 heavy (non-hydrogen) atoms. The Kier molecular flexibility index (Phi) is 7.35. The molecule has 3 heterocycles. The molecule has 0 radical (unpaired) electrons. The van der Waals surface area contributed by atoms with Crippen LogP contribution in [-0.4, -0.2) is 63.2 Å². The molecule has 0 saturated carbocycles. The zero-order valence-electron chi connectivity index (χ0n) is 21.3. The van der Waals surface area contributed by atoms with Crippen LogP contribution < -0.4 is 5.32 Å². The predicted molar refractivity (Wildman–Crippen MR) is 153 cm³/mol. The first kappa shape index (κ1) is 25.0. The second kappa shape index (κ2) is 11.2. The molecule has 1 aromatic heterocycles. The van der Waals surface area contributed by atoms with Crippen LogP contribution in [0.5, 0.6) is 0 Å². The second-order valence-electron chi connectivity index (χ2n) is 10.0. The topological polar surface area (TPSA) is 66.3 Å². The highest BCUT2D eigenvalue weighted by Crippen LogP contribution is 2.31. The summed E-state index contributed by atoms with van der Waals surface area (Å²) in [6.07, 6.45) is 2.76. The number of benzene rings is 3. The van der Waals surface area contributed by atoms with E-state index >= 15 is 0 Å². The molecule has 1 fully saturated rings. The molecule has 8 heteroatoms. The highest BCUT2D eigenvalue weighted by molar-refractivity contribution is 9.10. The minimum Gasteiger partial charge on any atom is -0.325 e. The van der Waals surface area contributed by atoms with Crippen LogP contribution in [-0.2, 0) is 24.2 Å². The lowest BCUT2D eigenvalue weighted by Crippen LogP contribution is -2.36. The first-order chi connectivity index (χ1) is 18.6. The molecular formula is C30H31BrN6O. The third-order valence-corrected chi connectivity index (χ3v) is 8.16. The third-order valence-electron chi connectivity index (χ3n) is 7.38. The first-order valence-corrected chi connectivity index (χ1v) is 14.0. The number of hydrogen-bond donors (Lipinski definition) is 1. The summed E-state index contributed by atoms with van der Waals surface area (Å²) >= 11 is 3.66. The van der Waals surface area contributed by atoms with Crippen molar-refractivity contribution in [2.75, 3.05) is 38.0 Å². The zero-order chi connectivity index (χ0) is 25.9. The summed E-state index contributed by atoms with van der Waals surface area (Å²) in [6.45, 7) is 5.16. The molecule has 0 unspecified atom stereocenters. The summed E-state index contributed by atoms with van der Waals surface area (Å²) in [7, 11) is 0. The van der Waals surface area contributed by atoms with E-state index in [1.54, 1.807) is 0 Å². The first-order valence-electron chi connectivity index (χ1n) is 13.2. The van der Waals surface area contributed by atoms with E-state index in [4.69, 9.17) is 0 Å². The number of fused-ring (bicyclic) bond motifs is 3. The van der Waals surface area contributed by atoms with Crippen molar-refractivity contribution < 1.29 is 4.79 Å². The molecule has 0 atom stereocenters. The van der Waals surface area contributed by atoms with Crippen LogP contribution in [0, 0.1) is 0 Å². The average molecular weight is 572 g/mol. The van der Waals surface area contributed by atoms with Crippen LogP contribution in [0.4, 0.5) is 5.69 Å². The predicted octanol–water partition coefficient (Wildman–Crippen LogP) is 4.94. The van der Waals surface area contributed by atoms with E-state index in [1.807, 2.05) is 30.3 Å². The van der Waals surface area contributed by atoms with Crippen molar-refractivity contribution in [1.82, 2.24) is 24.6 Å². The van der Waals surface area contributed by atoms with Crippen LogP contribution in [0.1, 0.15) is 23.4 Å². The number of carbonyl (C=O) groups is 1. The fourth-order valence-electron chi connectivity index (χ4n) is 5.45. The molecule has 2 aliphatic heterocycles. The largest absolute Gasteiger partial charge is 0.325 e. The molecule has 0 spiro atoms. The Morgan fingerprint density at radius 3 is 2.53 bits per heavy atom. The molecule has 2 aliphatic rings. The quantitative estimate of drug-likeness (QED) is 0.355. The lowest BCUT2D eigenvalue weighted by Gasteiger charge is -2.22. The number of hydrogen-bond acceptors (Lipinski definition) is 5. The van der Waals surface area contributed by atoms with Gasteiger partial charge >= 0.3 is 0 Å². The van der Waals surface area contributed by atoms with Crippen molar-refractivity contribution in [1.29, 1.82) is 0 Å². The van der Waals surface area contributed by atoms with Crippen molar-refractivity contribution in [3.63, 3.8) is 0 Å². The SMILES string of the molecule is O=C(CN1CCCN(Cc2ccccc2Br)CC1)Nc1ccc2c(c1)CCc1nnc(-c3ccccc3)n1-2. The van der Waals surface area contributed by atoms with E-state index in [0.29, 0.717) is 6.54 Å². The van der Waals surface area contributed by atoms with Crippen molar-refractivity contribution >= 4 is 27.5 Å². The maximum absolute atomic E-state index is 13.0. The highest BCUT2D eigenvalue weighted by atomic mass is 79.9. The number of rotatable bonds is 6. The van der Waals surface area contributed by atoms with E-state index in [0.717, 1.165) is 85.0 Å². The number of nitrogens with zero attached hydrogens (tertiary/aromatic N) is 5. The van der Waals surface area contributed by atoms with Gasteiger partial charge in [0.2, 0.25) is 5.91 Å². The Hall–Kier alpha value is -3.33. The van der Waals surface area contributed by atoms with Crippen molar-refractivity contribution in [2.45, 2.75) is 25.8 Å². The van der Waals surface area contributed by atoms with Crippen LogP contribution in [0.2, 0.25) is 0 Å². The molecule has 1 N–H and O–H groups in total. The van der Waals surface area contributed by atoms with Gasteiger partial charge in [-0.3, -0.25) is 19.2 Å². The molecule has 7 nitrogen and oxygen atoms in total. The fourth-order valence-corrected chi connectivity index (χ4v) is 5.86. The van der Waals surface area contributed by atoms with Crippen LogP contribution in [0.25, 0.3) is 17.1 Å². The molecule has 4 aromatic rings. The van der Waals surface area contributed by atoms with Gasteiger partial charge in [0.15, 0.2) is 5.82 Å².